The molecular formula is C15H21NO3S. The van der Waals surface area contributed by atoms with Crippen molar-refractivity contribution in [3.8, 4) is 0 Å². The number of anilines is 1. The van der Waals surface area contributed by atoms with E-state index in [9.17, 15) is 13.2 Å². The van der Waals surface area contributed by atoms with Crippen LogP contribution in [-0.4, -0.2) is 26.6 Å². The fourth-order valence-electron chi connectivity index (χ4n) is 2.68. The lowest BCUT2D eigenvalue weighted by Crippen LogP contribution is -2.41. The molecule has 0 aromatic heterocycles. The average Bonchev–Trinajstić information content (AvgIpc) is 2.70. The van der Waals surface area contributed by atoms with Crippen molar-refractivity contribution < 1.29 is 13.2 Å². The van der Waals surface area contributed by atoms with E-state index in [0.29, 0.717) is 6.42 Å². The second-order valence-electron chi connectivity index (χ2n) is 6.45. The molecule has 1 heterocycles. The highest BCUT2D eigenvalue weighted by Gasteiger charge is 2.39. The molecule has 1 fully saturated rings. The molecule has 1 aliphatic rings. The predicted octanol–water partition coefficient (Wildman–Crippen LogP) is 2.63. The molecule has 0 N–H and O–H groups in total. The van der Waals surface area contributed by atoms with Crippen LogP contribution >= 0.6 is 0 Å². The summed E-state index contributed by atoms with van der Waals surface area (Å²) in [5.74, 6) is 0.108. The Kier molecular flexibility index (Phi) is 3.67. The van der Waals surface area contributed by atoms with Gasteiger partial charge < -0.3 is 4.90 Å². The summed E-state index contributed by atoms with van der Waals surface area (Å²) in [6, 6.07) is 6.72. The first-order valence-corrected chi connectivity index (χ1v) is 8.62. The quantitative estimate of drug-likeness (QED) is 0.843. The lowest BCUT2D eigenvalue weighted by atomic mass is 9.85. The first-order valence-electron chi connectivity index (χ1n) is 6.73. The number of amides is 1. The zero-order valence-electron chi connectivity index (χ0n) is 12.4. The van der Waals surface area contributed by atoms with Crippen LogP contribution in [0.15, 0.2) is 29.2 Å². The Hall–Kier alpha value is -1.36. The minimum Gasteiger partial charge on any atom is -0.309 e. The van der Waals surface area contributed by atoms with Crippen LogP contribution in [0, 0.1) is 5.41 Å². The summed E-state index contributed by atoms with van der Waals surface area (Å²) in [6.07, 6.45) is 2.58. The van der Waals surface area contributed by atoms with E-state index in [0.717, 1.165) is 12.1 Å². The molecular weight excluding hydrogens is 274 g/mol. The molecule has 4 nitrogen and oxygen atoms in total. The lowest BCUT2D eigenvalue weighted by Gasteiger charge is -2.35. The van der Waals surface area contributed by atoms with E-state index in [4.69, 9.17) is 0 Å². The molecule has 20 heavy (non-hydrogen) atoms. The molecule has 1 aromatic rings. The topological polar surface area (TPSA) is 54.5 Å². The van der Waals surface area contributed by atoms with E-state index in [1.807, 2.05) is 4.90 Å². The van der Waals surface area contributed by atoms with E-state index in [1.165, 1.54) is 6.26 Å². The van der Waals surface area contributed by atoms with E-state index in [2.05, 4.69) is 20.8 Å². The summed E-state index contributed by atoms with van der Waals surface area (Å²) < 4.78 is 22.9. The van der Waals surface area contributed by atoms with Gasteiger partial charge in [0.25, 0.3) is 0 Å². The Bertz CT molecular complexity index is 612. The average molecular weight is 295 g/mol. The number of rotatable bonds is 2. The van der Waals surface area contributed by atoms with Gasteiger partial charge in [-0.1, -0.05) is 20.8 Å². The van der Waals surface area contributed by atoms with E-state index in [-0.39, 0.29) is 22.3 Å². The van der Waals surface area contributed by atoms with Gasteiger partial charge in [0.05, 0.1) is 4.90 Å². The second kappa shape index (κ2) is 4.88. The number of nitrogens with zero attached hydrogens (tertiary/aromatic N) is 1. The van der Waals surface area contributed by atoms with Gasteiger partial charge in [-0.3, -0.25) is 4.79 Å². The zero-order valence-corrected chi connectivity index (χ0v) is 13.2. The summed E-state index contributed by atoms with van der Waals surface area (Å²) in [5, 5.41) is 0. The van der Waals surface area contributed by atoms with Crippen LogP contribution in [0.1, 0.15) is 33.6 Å². The normalized spacial score (nSPS) is 20.5. The van der Waals surface area contributed by atoms with Crippen molar-refractivity contribution in [3.63, 3.8) is 0 Å². The molecule has 1 aromatic carbocycles. The van der Waals surface area contributed by atoms with Gasteiger partial charge in [0.2, 0.25) is 5.91 Å². The highest BCUT2D eigenvalue weighted by atomic mass is 32.2. The van der Waals surface area contributed by atoms with Crippen molar-refractivity contribution in [1.82, 2.24) is 0 Å². The first kappa shape index (κ1) is 15.0. The van der Waals surface area contributed by atoms with Gasteiger partial charge in [-0.2, -0.15) is 0 Å². The Labute approximate surface area is 120 Å². The zero-order chi connectivity index (χ0) is 15.1. The summed E-state index contributed by atoms with van der Waals surface area (Å²) >= 11 is 0. The minimum atomic E-state index is -3.20. The molecule has 1 saturated heterocycles. The van der Waals surface area contributed by atoms with Crippen molar-refractivity contribution in [1.29, 1.82) is 0 Å². The van der Waals surface area contributed by atoms with Crippen LogP contribution in [0.4, 0.5) is 5.69 Å². The molecule has 5 heteroatoms. The van der Waals surface area contributed by atoms with Crippen LogP contribution in [-0.2, 0) is 14.6 Å². The fourth-order valence-corrected chi connectivity index (χ4v) is 3.31. The molecule has 2 rings (SSSR count). The SMILES string of the molecule is CC(C)(C)C1CCC(=O)N1c1ccc(S(C)(=O)=O)cc1. The molecule has 1 amide bonds. The molecule has 1 unspecified atom stereocenters. The van der Waals surface area contributed by atoms with Gasteiger partial charge >= 0.3 is 0 Å². The van der Waals surface area contributed by atoms with Crippen molar-refractivity contribution in [3.05, 3.63) is 24.3 Å². The number of hydrogen-bond acceptors (Lipinski definition) is 3. The van der Waals surface area contributed by atoms with E-state index in [1.54, 1.807) is 24.3 Å². The van der Waals surface area contributed by atoms with Crippen LogP contribution in [0.3, 0.4) is 0 Å². The Morgan fingerprint density at radius 1 is 1.15 bits per heavy atom. The van der Waals surface area contributed by atoms with Crippen LogP contribution in [0.5, 0.6) is 0 Å². The third-order valence-electron chi connectivity index (χ3n) is 3.75. The molecule has 0 saturated carbocycles. The second-order valence-corrected chi connectivity index (χ2v) is 8.47. The highest BCUT2D eigenvalue weighted by molar-refractivity contribution is 7.90. The van der Waals surface area contributed by atoms with Gasteiger partial charge in [-0.25, -0.2) is 8.42 Å². The van der Waals surface area contributed by atoms with Gasteiger partial charge in [0, 0.05) is 24.4 Å². The maximum absolute atomic E-state index is 12.1. The molecule has 0 aliphatic carbocycles. The smallest absolute Gasteiger partial charge is 0.227 e. The number of hydrogen-bond donors (Lipinski definition) is 0. The number of carbonyl (C=O) groups excluding carboxylic acids is 1. The molecule has 110 valence electrons. The van der Waals surface area contributed by atoms with Crippen LogP contribution in [0.25, 0.3) is 0 Å². The summed E-state index contributed by atoms with van der Waals surface area (Å²) in [7, 11) is -3.20. The van der Waals surface area contributed by atoms with Gasteiger partial charge in [0.1, 0.15) is 0 Å². The summed E-state index contributed by atoms with van der Waals surface area (Å²) in [5.41, 5.74) is 0.779. The van der Waals surface area contributed by atoms with Crippen LogP contribution < -0.4 is 4.90 Å². The monoisotopic (exact) mass is 295 g/mol. The van der Waals surface area contributed by atoms with Crippen molar-refractivity contribution in [2.45, 2.75) is 44.6 Å². The standard InChI is InChI=1S/C15H21NO3S/c1-15(2,3)13-9-10-14(17)16(13)11-5-7-12(8-6-11)20(4,18)19/h5-8,13H,9-10H2,1-4H3. The molecule has 0 bridgehead atoms. The van der Waals surface area contributed by atoms with E-state index < -0.39 is 9.84 Å². The minimum absolute atomic E-state index is 0.00165. The maximum Gasteiger partial charge on any atom is 0.227 e. The number of sulfone groups is 1. The predicted molar refractivity (Wildman–Crippen MR) is 79.5 cm³/mol. The van der Waals surface area contributed by atoms with Crippen LogP contribution in [0.2, 0.25) is 0 Å². The maximum atomic E-state index is 12.1. The Balaban J connectivity index is 2.37. The van der Waals surface area contributed by atoms with Gasteiger partial charge in [-0.15, -0.1) is 0 Å². The largest absolute Gasteiger partial charge is 0.309 e. The molecule has 1 atom stereocenters. The lowest BCUT2D eigenvalue weighted by molar-refractivity contribution is -0.117. The number of carbonyl (C=O) groups is 1. The summed E-state index contributed by atoms with van der Waals surface area (Å²) in [4.78, 5) is 14.2. The third-order valence-corrected chi connectivity index (χ3v) is 4.88. The van der Waals surface area contributed by atoms with Crippen molar-refractivity contribution >= 4 is 21.4 Å². The number of benzene rings is 1. The van der Waals surface area contributed by atoms with Crippen molar-refractivity contribution in [2.24, 2.45) is 5.41 Å². The Morgan fingerprint density at radius 2 is 1.70 bits per heavy atom. The third kappa shape index (κ3) is 2.87. The molecule has 1 aliphatic heterocycles. The van der Waals surface area contributed by atoms with Gasteiger partial charge in [-0.05, 0) is 36.1 Å². The summed E-state index contributed by atoms with van der Waals surface area (Å²) in [6.45, 7) is 6.36. The Morgan fingerprint density at radius 3 is 2.15 bits per heavy atom. The van der Waals surface area contributed by atoms with Gasteiger partial charge in [0.15, 0.2) is 9.84 Å². The molecule has 0 spiro atoms. The fraction of sp³-hybridized carbons (Fsp3) is 0.533. The first-order chi connectivity index (χ1) is 9.10. The molecule has 0 radical (unpaired) electrons. The highest BCUT2D eigenvalue weighted by Crippen LogP contribution is 2.36. The van der Waals surface area contributed by atoms with Crippen molar-refractivity contribution in [2.75, 3.05) is 11.2 Å². The van der Waals surface area contributed by atoms with E-state index >= 15 is 0 Å².